The highest BCUT2D eigenvalue weighted by molar-refractivity contribution is 5.87. The van der Waals surface area contributed by atoms with Gasteiger partial charge in [0, 0.05) is 11.4 Å². The third-order valence-electron chi connectivity index (χ3n) is 6.56. The van der Waals surface area contributed by atoms with Crippen LogP contribution in [0.5, 0.6) is 0 Å². The number of benzene rings is 1. The standard InChI is InChI=1S/C25H37N3/c1-18(2)26-25-22-12-5-4-11-21(22)23-16-19(3)20(17-24(23)27-25)10-6-7-13-28-14-8-9-15-28/h16-18H,4-15H2,1-3H3,(H,26,27). The molecule has 1 aromatic carbocycles. The van der Waals surface area contributed by atoms with E-state index in [-0.39, 0.29) is 0 Å². The molecule has 1 aliphatic carbocycles. The number of hydrogen-bond donors (Lipinski definition) is 1. The third-order valence-corrected chi connectivity index (χ3v) is 6.56. The Kier molecular flexibility index (Phi) is 6.20. The summed E-state index contributed by atoms with van der Waals surface area (Å²) in [6.45, 7) is 10.6. The van der Waals surface area contributed by atoms with Gasteiger partial charge >= 0.3 is 0 Å². The van der Waals surface area contributed by atoms with Gasteiger partial charge in [0.05, 0.1) is 5.52 Å². The number of nitrogens with one attached hydrogen (secondary N) is 1. The molecule has 0 unspecified atom stereocenters. The number of likely N-dealkylation sites (tertiary alicyclic amines) is 1. The lowest BCUT2D eigenvalue weighted by molar-refractivity contribution is 0.330. The first-order valence-corrected chi connectivity index (χ1v) is 11.6. The summed E-state index contributed by atoms with van der Waals surface area (Å²) in [7, 11) is 0. The van der Waals surface area contributed by atoms with E-state index in [1.807, 2.05) is 0 Å². The van der Waals surface area contributed by atoms with Gasteiger partial charge in [-0.3, -0.25) is 0 Å². The molecule has 28 heavy (non-hydrogen) atoms. The quantitative estimate of drug-likeness (QED) is 0.629. The van der Waals surface area contributed by atoms with E-state index in [4.69, 9.17) is 4.98 Å². The minimum absolute atomic E-state index is 0.423. The molecular weight excluding hydrogens is 342 g/mol. The van der Waals surface area contributed by atoms with E-state index in [9.17, 15) is 0 Å². The molecule has 2 aliphatic rings. The molecule has 3 nitrogen and oxygen atoms in total. The van der Waals surface area contributed by atoms with Crippen LogP contribution in [0.25, 0.3) is 10.9 Å². The summed E-state index contributed by atoms with van der Waals surface area (Å²) in [4.78, 5) is 7.73. The summed E-state index contributed by atoms with van der Waals surface area (Å²) in [5, 5.41) is 5.03. The number of anilines is 1. The zero-order valence-corrected chi connectivity index (χ0v) is 18.1. The summed E-state index contributed by atoms with van der Waals surface area (Å²) in [5.41, 5.74) is 7.18. The molecule has 1 N–H and O–H groups in total. The highest BCUT2D eigenvalue weighted by atomic mass is 15.1. The molecule has 1 aromatic heterocycles. The average Bonchev–Trinajstić information content (AvgIpc) is 3.19. The van der Waals surface area contributed by atoms with E-state index in [1.54, 1.807) is 5.56 Å². The normalized spacial score (nSPS) is 17.4. The van der Waals surface area contributed by atoms with E-state index in [0.29, 0.717) is 6.04 Å². The van der Waals surface area contributed by atoms with Crippen LogP contribution in [0.1, 0.15) is 74.6 Å². The molecule has 0 radical (unpaired) electrons. The lowest BCUT2D eigenvalue weighted by Crippen LogP contribution is -2.20. The van der Waals surface area contributed by atoms with Gasteiger partial charge in [-0.15, -0.1) is 0 Å². The molecule has 2 heterocycles. The van der Waals surface area contributed by atoms with Crippen LogP contribution in [0.4, 0.5) is 5.82 Å². The number of aromatic nitrogens is 1. The van der Waals surface area contributed by atoms with Crippen molar-refractivity contribution >= 4 is 16.7 Å². The fourth-order valence-electron chi connectivity index (χ4n) is 5.05. The van der Waals surface area contributed by atoms with Crippen LogP contribution >= 0.6 is 0 Å². The minimum atomic E-state index is 0.423. The molecule has 2 aromatic rings. The van der Waals surface area contributed by atoms with E-state index in [2.05, 4.69) is 43.1 Å². The zero-order valence-electron chi connectivity index (χ0n) is 18.1. The largest absolute Gasteiger partial charge is 0.368 e. The first kappa shape index (κ1) is 19.7. The molecule has 0 spiro atoms. The summed E-state index contributed by atoms with van der Waals surface area (Å²) >= 11 is 0. The summed E-state index contributed by atoms with van der Waals surface area (Å²) in [6, 6.07) is 5.24. The number of fused-ring (bicyclic) bond motifs is 3. The van der Waals surface area contributed by atoms with Crippen LogP contribution in [0.2, 0.25) is 0 Å². The van der Waals surface area contributed by atoms with Gasteiger partial charge in [0.1, 0.15) is 5.82 Å². The minimum Gasteiger partial charge on any atom is -0.368 e. The van der Waals surface area contributed by atoms with Gasteiger partial charge in [0.2, 0.25) is 0 Å². The number of pyridine rings is 1. The van der Waals surface area contributed by atoms with Gasteiger partial charge in [-0.05, 0) is 133 Å². The molecule has 1 fully saturated rings. The van der Waals surface area contributed by atoms with E-state index >= 15 is 0 Å². The average molecular weight is 380 g/mol. The first-order chi connectivity index (χ1) is 13.6. The van der Waals surface area contributed by atoms with Gasteiger partial charge < -0.3 is 10.2 Å². The van der Waals surface area contributed by atoms with Crippen molar-refractivity contribution in [2.24, 2.45) is 0 Å². The monoisotopic (exact) mass is 379 g/mol. The SMILES string of the molecule is Cc1cc2c3c(c(NC(C)C)nc2cc1CCCCN1CCCC1)CCCC3. The second-order valence-corrected chi connectivity index (χ2v) is 9.23. The lowest BCUT2D eigenvalue weighted by Gasteiger charge is -2.23. The van der Waals surface area contributed by atoms with E-state index in [1.165, 1.54) is 105 Å². The van der Waals surface area contributed by atoms with Crippen molar-refractivity contribution in [3.63, 3.8) is 0 Å². The summed E-state index contributed by atoms with van der Waals surface area (Å²) < 4.78 is 0. The summed E-state index contributed by atoms with van der Waals surface area (Å²) in [5.74, 6) is 1.14. The van der Waals surface area contributed by atoms with Crippen molar-refractivity contribution in [1.82, 2.24) is 9.88 Å². The van der Waals surface area contributed by atoms with E-state index in [0.717, 1.165) is 5.82 Å². The maximum Gasteiger partial charge on any atom is 0.130 e. The molecule has 0 bridgehead atoms. The van der Waals surface area contributed by atoms with Crippen molar-refractivity contribution in [2.45, 2.75) is 84.6 Å². The van der Waals surface area contributed by atoms with Gasteiger partial charge in [-0.2, -0.15) is 0 Å². The van der Waals surface area contributed by atoms with Crippen molar-refractivity contribution in [3.8, 4) is 0 Å². The maximum atomic E-state index is 5.10. The van der Waals surface area contributed by atoms with Crippen LogP contribution in [0.15, 0.2) is 12.1 Å². The predicted molar refractivity (Wildman–Crippen MR) is 120 cm³/mol. The third kappa shape index (κ3) is 4.35. The Morgan fingerprint density at radius 1 is 1.00 bits per heavy atom. The summed E-state index contributed by atoms with van der Waals surface area (Å²) in [6.07, 6.45) is 11.5. The Morgan fingerprint density at radius 3 is 2.50 bits per heavy atom. The molecule has 0 atom stereocenters. The number of aryl methyl sites for hydroxylation is 3. The molecule has 3 heteroatoms. The molecule has 152 valence electrons. The van der Waals surface area contributed by atoms with Crippen LogP contribution < -0.4 is 5.32 Å². The highest BCUT2D eigenvalue weighted by Crippen LogP contribution is 2.34. The molecule has 1 aliphatic heterocycles. The topological polar surface area (TPSA) is 28.2 Å². The lowest BCUT2D eigenvalue weighted by atomic mass is 9.87. The number of rotatable bonds is 7. The second kappa shape index (κ2) is 8.82. The first-order valence-electron chi connectivity index (χ1n) is 11.6. The number of unbranched alkanes of at least 4 members (excludes halogenated alkanes) is 1. The Labute approximate surface area is 170 Å². The van der Waals surface area contributed by atoms with Crippen LogP contribution in [0, 0.1) is 6.92 Å². The van der Waals surface area contributed by atoms with Gasteiger partial charge in [0.25, 0.3) is 0 Å². The smallest absolute Gasteiger partial charge is 0.130 e. The van der Waals surface area contributed by atoms with Gasteiger partial charge in [-0.1, -0.05) is 0 Å². The maximum absolute atomic E-state index is 5.10. The predicted octanol–water partition coefficient (Wildman–Crippen LogP) is 5.66. The Hall–Kier alpha value is -1.61. The van der Waals surface area contributed by atoms with E-state index < -0.39 is 0 Å². The van der Waals surface area contributed by atoms with Gasteiger partial charge in [-0.25, -0.2) is 4.98 Å². The van der Waals surface area contributed by atoms with Crippen LogP contribution in [0.3, 0.4) is 0 Å². The van der Waals surface area contributed by atoms with Gasteiger partial charge in [0.15, 0.2) is 0 Å². The number of nitrogens with zero attached hydrogens (tertiary/aromatic N) is 2. The van der Waals surface area contributed by atoms with Crippen molar-refractivity contribution in [3.05, 3.63) is 34.4 Å². The Balaban J connectivity index is 1.55. The highest BCUT2D eigenvalue weighted by Gasteiger charge is 2.19. The molecule has 0 amide bonds. The Morgan fingerprint density at radius 2 is 1.75 bits per heavy atom. The fourth-order valence-corrected chi connectivity index (χ4v) is 5.05. The van der Waals surface area contributed by atoms with Crippen molar-refractivity contribution < 1.29 is 0 Å². The molecule has 1 saturated heterocycles. The van der Waals surface area contributed by atoms with Crippen LogP contribution in [-0.2, 0) is 19.3 Å². The fraction of sp³-hybridized carbons (Fsp3) is 0.640. The van der Waals surface area contributed by atoms with Crippen molar-refractivity contribution in [1.29, 1.82) is 0 Å². The zero-order chi connectivity index (χ0) is 19.5. The second-order valence-electron chi connectivity index (χ2n) is 9.23. The molecular formula is C25H37N3. The van der Waals surface area contributed by atoms with Crippen molar-refractivity contribution in [2.75, 3.05) is 25.0 Å². The molecule has 0 saturated carbocycles. The van der Waals surface area contributed by atoms with Crippen LogP contribution in [-0.4, -0.2) is 35.6 Å². The Bertz CT molecular complexity index is 818. The number of hydrogen-bond acceptors (Lipinski definition) is 3. The molecule has 4 rings (SSSR count).